The molecule has 0 atom stereocenters. The topological polar surface area (TPSA) is 0 Å². The van der Waals surface area contributed by atoms with Crippen molar-refractivity contribution in [3.05, 3.63) is 89.3 Å². The molecule has 6 aromatic heterocycles. The first kappa shape index (κ1) is 68.4. The van der Waals surface area contributed by atoms with Gasteiger partial charge in [-0.1, -0.05) is 209 Å². The fraction of sp³-hybridized carbons (Fsp3) is 0.632. The van der Waals surface area contributed by atoms with E-state index < -0.39 is 0 Å². The summed E-state index contributed by atoms with van der Waals surface area (Å²) in [6.45, 7) is 18.7. The molecule has 0 N–H and O–H groups in total. The Morgan fingerprint density at radius 2 is 0.512 bits per heavy atom. The van der Waals surface area contributed by atoms with Crippen molar-refractivity contribution in [3.63, 3.8) is 0 Å². The summed E-state index contributed by atoms with van der Waals surface area (Å²) in [5.74, 6) is 14.8. The lowest BCUT2D eigenvalue weighted by Crippen LogP contribution is -1.96. The van der Waals surface area contributed by atoms with Crippen LogP contribution in [0, 0.1) is 23.7 Å². The lowest BCUT2D eigenvalue weighted by Gasteiger charge is -2.09. The number of thiophene rings is 6. The largest absolute Gasteiger partial charge is 0.142 e. The predicted molar refractivity (Wildman–Crippen MR) is 378 cm³/mol. The van der Waals surface area contributed by atoms with Crippen molar-refractivity contribution in [1.29, 1.82) is 0 Å². The minimum Gasteiger partial charge on any atom is -0.142 e. The van der Waals surface area contributed by atoms with Crippen molar-refractivity contribution in [2.75, 3.05) is 0 Å². The Morgan fingerprint density at radius 3 is 0.805 bits per heavy atom. The Morgan fingerprint density at radius 1 is 0.256 bits per heavy atom. The monoisotopic (exact) mass is 1210 g/mol. The lowest BCUT2D eigenvalue weighted by atomic mass is 9.96. The van der Waals surface area contributed by atoms with E-state index in [0.717, 1.165) is 25.7 Å². The fourth-order valence-electron chi connectivity index (χ4n) is 12.1. The van der Waals surface area contributed by atoms with Crippen molar-refractivity contribution in [2.45, 2.75) is 312 Å². The van der Waals surface area contributed by atoms with Gasteiger partial charge in [0.2, 0.25) is 0 Å². The van der Waals surface area contributed by atoms with Crippen molar-refractivity contribution < 1.29 is 0 Å². The molecule has 0 unspecified atom stereocenters. The third-order valence-electron chi connectivity index (χ3n) is 17.0. The van der Waals surface area contributed by atoms with Gasteiger partial charge in [0.05, 0.1) is 9.75 Å². The highest BCUT2D eigenvalue weighted by Gasteiger charge is 2.24. The van der Waals surface area contributed by atoms with Gasteiger partial charge in [-0.3, -0.25) is 0 Å². The SMILES string of the molecule is CCCCCCc1csc(-c2ccc(-c3sc(C#CC#Cc4sc(-c5ccc(-c6scc(CCCCCC)c6CCCCCC)s5)c(CCCCCC)c4CCCCCC)c(CCCCCC)c3CCCCCC)s2)c1CCCCCC. The lowest BCUT2D eigenvalue weighted by molar-refractivity contribution is 0.652. The van der Waals surface area contributed by atoms with Crippen LogP contribution < -0.4 is 0 Å². The molecule has 0 bridgehead atoms. The molecule has 6 heterocycles. The van der Waals surface area contributed by atoms with Crippen molar-refractivity contribution in [2.24, 2.45) is 0 Å². The summed E-state index contributed by atoms with van der Waals surface area (Å²) in [7, 11) is 0. The molecular formula is C76H110S6. The van der Waals surface area contributed by atoms with Crippen LogP contribution in [0.4, 0.5) is 0 Å². The second-order valence-electron chi connectivity index (χ2n) is 23.9. The molecule has 0 aliphatic carbocycles. The van der Waals surface area contributed by atoms with Crippen molar-refractivity contribution in [3.8, 4) is 62.7 Å². The van der Waals surface area contributed by atoms with Crippen LogP contribution in [0.5, 0.6) is 0 Å². The van der Waals surface area contributed by atoms with Gasteiger partial charge in [-0.15, -0.1) is 68.0 Å². The highest BCUT2D eigenvalue weighted by Crippen LogP contribution is 2.48. The summed E-state index contributed by atoms with van der Waals surface area (Å²) >= 11 is 12.2. The van der Waals surface area contributed by atoms with Gasteiger partial charge in [0.15, 0.2) is 0 Å². The summed E-state index contributed by atoms with van der Waals surface area (Å²) in [5, 5.41) is 5.06. The average molecular weight is 1220 g/mol. The second-order valence-corrected chi connectivity index (χ2v) is 29.9. The van der Waals surface area contributed by atoms with Gasteiger partial charge in [-0.25, -0.2) is 0 Å². The van der Waals surface area contributed by atoms with Gasteiger partial charge < -0.3 is 0 Å². The molecule has 0 spiro atoms. The second kappa shape index (κ2) is 40.7. The molecule has 0 nitrogen and oxygen atoms in total. The number of aryl methyl sites for hydroxylation is 2. The van der Waals surface area contributed by atoms with E-state index in [2.05, 4.69) is 137 Å². The first-order valence-corrected chi connectivity index (χ1v) is 39.2. The number of hydrogen-bond donors (Lipinski definition) is 0. The van der Waals surface area contributed by atoms with Gasteiger partial charge in [0, 0.05) is 39.0 Å². The molecule has 82 heavy (non-hydrogen) atoms. The number of rotatable bonds is 44. The average Bonchev–Trinajstić information content (AvgIpc) is 4.41. The van der Waals surface area contributed by atoms with Crippen LogP contribution >= 0.6 is 68.0 Å². The van der Waals surface area contributed by atoms with E-state index in [9.17, 15) is 0 Å². The quantitative estimate of drug-likeness (QED) is 0.0264. The van der Waals surface area contributed by atoms with Crippen LogP contribution in [0.25, 0.3) is 39.0 Å². The molecule has 0 radical (unpaired) electrons. The van der Waals surface area contributed by atoms with Crippen LogP contribution in [0.3, 0.4) is 0 Å². The van der Waals surface area contributed by atoms with E-state index in [1.165, 1.54) is 281 Å². The van der Waals surface area contributed by atoms with Gasteiger partial charge in [-0.05, 0) is 206 Å². The smallest absolute Gasteiger partial charge is 0.0820 e. The van der Waals surface area contributed by atoms with Gasteiger partial charge in [-0.2, -0.15) is 0 Å². The summed E-state index contributed by atoms with van der Waals surface area (Å²) in [5.41, 5.74) is 12.9. The van der Waals surface area contributed by atoms with E-state index >= 15 is 0 Å². The van der Waals surface area contributed by atoms with E-state index in [4.69, 9.17) is 0 Å². The maximum atomic E-state index is 3.83. The molecule has 6 aromatic rings. The molecule has 450 valence electrons. The minimum absolute atomic E-state index is 1.12. The summed E-state index contributed by atoms with van der Waals surface area (Å²) in [6.07, 6.45) is 51.0. The van der Waals surface area contributed by atoms with Crippen LogP contribution in [0.1, 0.15) is 315 Å². The highest BCUT2D eigenvalue weighted by molar-refractivity contribution is 7.27. The van der Waals surface area contributed by atoms with Crippen molar-refractivity contribution in [1.82, 2.24) is 0 Å². The summed E-state index contributed by atoms with van der Waals surface area (Å²) < 4.78 is 0. The Bertz CT molecular complexity index is 2610. The standard InChI is InChI=1S/C76H110S6/c1-9-17-25-33-43-59-57-77-73(61(59)45-35-27-19-11-3)69-53-55-71(79-69)75-65(49-39-31-23-15-7)63(47-37-29-21-13-5)67(81-75)51-41-42-52-68-64(48-38-30-22-14-6)66(50-40-32-24-16-8)76(82-68)72-56-54-70(80-72)74-62(46-36-28-20-12-4)60(58-78-74)44-34-26-18-10-2/h53-58H,9-40,43-50H2,1-8H3. The fourth-order valence-corrected chi connectivity index (χ4v) is 19.5. The summed E-state index contributed by atoms with van der Waals surface area (Å²) in [6, 6.07) is 9.92. The molecule has 6 heteroatoms. The van der Waals surface area contributed by atoms with E-state index in [1.807, 2.05) is 45.3 Å². The van der Waals surface area contributed by atoms with Gasteiger partial charge in [0.1, 0.15) is 0 Å². The van der Waals surface area contributed by atoms with Crippen LogP contribution in [0.2, 0.25) is 0 Å². The Hall–Kier alpha value is -2.68. The molecule has 0 saturated heterocycles. The van der Waals surface area contributed by atoms with Gasteiger partial charge in [0.25, 0.3) is 0 Å². The number of hydrogen-bond acceptors (Lipinski definition) is 6. The first-order chi connectivity index (χ1) is 40.4. The maximum absolute atomic E-state index is 3.83. The molecule has 0 amide bonds. The highest BCUT2D eigenvalue weighted by atomic mass is 32.1. The Balaban J connectivity index is 1.41. The van der Waals surface area contributed by atoms with Gasteiger partial charge >= 0.3 is 0 Å². The van der Waals surface area contributed by atoms with E-state index in [1.54, 1.807) is 43.1 Å². The molecule has 0 fully saturated rings. The Kier molecular flexibility index (Phi) is 33.9. The molecule has 0 aromatic carbocycles. The molecule has 6 rings (SSSR count). The summed E-state index contributed by atoms with van der Waals surface area (Å²) in [4.78, 5) is 14.5. The zero-order valence-electron chi connectivity index (χ0n) is 53.2. The van der Waals surface area contributed by atoms with Crippen LogP contribution in [0.15, 0.2) is 35.0 Å². The molecule has 0 saturated carbocycles. The normalized spacial score (nSPS) is 11.5. The molecule has 0 aliphatic heterocycles. The van der Waals surface area contributed by atoms with Crippen LogP contribution in [-0.2, 0) is 51.4 Å². The third-order valence-corrected chi connectivity index (χ3v) is 24.4. The van der Waals surface area contributed by atoms with E-state index in [-0.39, 0.29) is 0 Å². The zero-order valence-corrected chi connectivity index (χ0v) is 58.1. The van der Waals surface area contributed by atoms with E-state index in [0.29, 0.717) is 0 Å². The zero-order chi connectivity index (χ0) is 58.0. The predicted octanol–water partition coefficient (Wildman–Crippen LogP) is 27.1. The third kappa shape index (κ3) is 21.6. The molecular weight excluding hydrogens is 1110 g/mol. The minimum atomic E-state index is 1.12. The van der Waals surface area contributed by atoms with Crippen LogP contribution in [-0.4, -0.2) is 0 Å². The molecule has 0 aliphatic rings. The Labute approximate surface area is 528 Å². The number of unbranched alkanes of at least 4 members (excludes halogenated alkanes) is 24. The first-order valence-electron chi connectivity index (χ1n) is 34.1. The maximum Gasteiger partial charge on any atom is 0.0820 e. The van der Waals surface area contributed by atoms with Crippen molar-refractivity contribution >= 4 is 68.0 Å².